The van der Waals surface area contributed by atoms with Gasteiger partial charge in [0.05, 0.1) is 24.3 Å². The molecule has 0 amide bonds. The van der Waals surface area contributed by atoms with Crippen molar-refractivity contribution in [3.63, 3.8) is 0 Å². The molecule has 2 aromatic heterocycles. The Morgan fingerprint density at radius 2 is 2.25 bits per heavy atom. The maximum atomic E-state index is 12.1. The largest absolute Gasteiger partial charge is 0.497 e. The number of fused-ring (bicyclic) bond motifs is 3. The molecule has 1 aliphatic carbocycles. The van der Waals surface area contributed by atoms with Gasteiger partial charge in [-0.15, -0.1) is 0 Å². The Bertz CT molecular complexity index is 834. The Morgan fingerprint density at radius 3 is 3.00 bits per heavy atom. The molecule has 0 spiro atoms. The van der Waals surface area contributed by atoms with E-state index in [9.17, 15) is 4.79 Å². The smallest absolute Gasteiger partial charge is 0.201 e. The predicted molar refractivity (Wildman–Crippen MR) is 75.0 cm³/mol. The number of aromatic nitrogens is 3. The molecule has 1 N–H and O–H groups in total. The van der Waals surface area contributed by atoms with Gasteiger partial charge in [0.25, 0.3) is 0 Å². The number of nitrogens with zero attached hydrogens (tertiary/aromatic N) is 2. The van der Waals surface area contributed by atoms with E-state index in [2.05, 4.69) is 15.0 Å². The monoisotopic (exact) mass is 267 g/mol. The van der Waals surface area contributed by atoms with Crippen molar-refractivity contribution in [2.45, 2.75) is 12.8 Å². The van der Waals surface area contributed by atoms with Crippen molar-refractivity contribution in [3.8, 4) is 5.75 Å². The number of nitrogens with one attached hydrogen (secondary N) is 1. The van der Waals surface area contributed by atoms with E-state index in [1.54, 1.807) is 13.3 Å². The minimum Gasteiger partial charge on any atom is -0.497 e. The van der Waals surface area contributed by atoms with E-state index in [-0.39, 0.29) is 11.7 Å². The topological polar surface area (TPSA) is 67.9 Å². The van der Waals surface area contributed by atoms with Crippen LogP contribution in [-0.4, -0.2) is 27.8 Å². The van der Waals surface area contributed by atoms with Gasteiger partial charge in [-0.1, -0.05) is 0 Å². The van der Waals surface area contributed by atoms with Crippen molar-refractivity contribution >= 4 is 27.7 Å². The number of benzene rings is 1. The van der Waals surface area contributed by atoms with Crippen LogP contribution in [0.25, 0.3) is 21.9 Å². The summed E-state index contributed by atoms with van der Waals surface area (Å²) in [6, 6.07) is 5.66. The zero-order chi connectivity index (χ0) is 13.7. The van der Waals surface area contributed by atoms with Crippen molar-refractivity contribution in [1.82, 2.24) is 15.0 Å². The van der Waals surface area contributed by atoms with Gasteiger partial charge in [-0.3, -0.25) is 9.78 Å². The van der Waals surface area contributed by atoms with E-state index < -0.39 is 0 Å². The molecule has 4 rings (SSSR count). The highest BCUT2D eigenvalue weighted by atomic mass is 16.5. The Labute approximate surface area is 115 Å². The third-order valence-corrected chi connectivity index (χ3v) is 3.70. The second-order valence-corrected chi connectivity index (χ2v) is 5.13. The van der Waals surface area contributed by atoms with Gasteiger partial charge in [0.2, 0.25) is 5.78 Å². The lowest BCUT2D eigenvalue weighted by atomic mass is 10.2. The molecule has 1 fully saturated rings. The summed E-state index contributed by atoms with van der Waals surface area (Å²) in [7, 11) is 1.63. The number of ether oxygens (including phenoxy) is 1. The highest BCUT2D eigenvalue weighted by molar-refractivity contribution is 6.06. The van der Waals surface area contributed by atoms with Crippen LogP contribution in [0.2, 0.25) is 0 Å². The Hall–Kier alpha value is -2.43. The van der Waals surface area contributed by atoms with Crippen LogP contribution >= 0.6 is 0 Å². The first-order valence-corrected chi connectivity index (χ1v) is 6.63. The van der Waals surface area contributed by atoms with Crippen molar-refractivity contribution in [3.05, 3.63) is 30.2 Å². The van der Waals surface area contributed by atoms with Gasteiger partial charge in [0, 0.05) is 11.3 Å². The number of Topliss-reactive ketones (excluding diaryl/α,β-unsaturated/α-hetero) is 1. The fourth-order valence-electron chi connectivity index (χ4n) is 2.42. The fraction of sp³-hybridized carbons (Fsp3) is 0.267. The lowest BCUT2D eigenvalue weighted by Gasteiger charge is -2.01. The SMILES string of the molecule is COc1ccc2ncc3[nH]c(C(=O)C4CC4)nc3c2c1. The average Bonchev–Trinajstić information content (AvgIpc) is 3.24. The van der Waals surface area contributed by atoms with Gasteiger partial charge in [-0.05, 0) is 31.0 Å². The quantitative estimate of drug-likeness (QED) is 0.741. The molecule has 0 unspecified atom stereocenters. The van der Waals surface area contributed by atoms with Crippen molar-refractivity contribution in [1.29, 1.82) is 0 Å². The molecule has 1 aromatic carbocycles. The molecule has 0 bridgehead atoms. The van der Waals surface area contributed by atoms with Crippen LogP contribution in [0.3, 0.4) is 0 Å². The number of ketones is 1. The van der Waals surface area contributed by atoms with Crippen LogP contribution in [0.5, 0.6) is 5.75 Å². The minimum atomic E-state index is 0.109. The van der Waals surface area contributed by atoms with Gasteiger partial charge < -0.3 is 9.72 Å². The molecule has 5 heteroatoms. The Morgan fingerprint density at radius 1 is 1.40 bits per heavy atom. The number of methoxy groups -OCH3 is 1. The molecular weight excluding hydrogens is 254 g/mol. The number of aromatic amines is 1. The number of pyridine rings is 1. The van der Waals surface area contributed by atoms with E-state index >= 15 is 0 Å². The molecule has 0 atom stereocenters. The molecule has 5 nitrogen and oxygen atoms in total. The number of hydrogen-bond donors (Lipinski definition) is 1. The van der Waals surface area contributed by atoms with Crippen LogP contribution < -0.4 is 4.74 Å². The number of carbonyl (C=O) groups is 1. The summed E-state index contributed by atoms with van der Waals surface area (Å²) in [5, 5.41) is 0.896. The summed E-state index contributed by atoms with van der Waals surface area (Å²) in [5.41, 5.74) is 2.41. The molecular formula is C15H13N3O2. The first-order chi connectivity index (χ1) is 9.76. The van der Waals surface area contributed by atoms with E-state index in [1.165, 1.54) is 0 Å². The summed E-state index contributed by atoms with van der Waals surface area (Å²) >= 11 is 0. The second kappa shape index (κ2) is 4.03. The molecule has 100 valence electrons. The molecule has 2 heterocycles. The Kier molecular flexibility index (Phi) is 2.30. The van der Waals surface area contributed by atoms with E-state index in [0.717, 1.165) is 40.5 Å². The highest BCUT2D eigenvalue weighted by Gasteiger charge is 2.32. The molecule has 0 aliphatic heterocycles. The molecule has 3 aromatic rings. The van der Waals surface area contributed by atoms with Crippen molar-refractivity contribution < 1.29 is 9.53 Å². The predicted octanol–water partition coefficient (Wildman–Crippen LogP) is 2.71. The second-order valence-electron chi connectivity index (χ2n) is 5.13. The molecule has 0 radical (unpaired) electrons. The summed E-state index contributed by atoms with van der Waals surface area (Å²) in [4.78, 5) is 24.0. The molecule has 20 heavy (non-hydrogen) atoms. The van der Waals surface area contributed by atoms with Crippen LogP contribution in [-0.2, 0) is 0 Å². The first-order valence-electron chi connectivity index (χ1n) is 6.63. The Balaban J connectivity index is 1.95. The number of H-pyrrole nitrogens is 1. The summed E-state index contributed by atoms with van der Waals surface area (Å²) in [5.74, 6) is 1.46. The van der Waals surface area contributed by atoms with Crippen LogP contribution in [0.4, 0.5) is 0 Å². The highest BCUT2D eigenvalue weighted by Crippen LogP contribution is 2.33. The maximum Gasteiger partial charge on any atom is 0.201 e. The van der Waals surface area contributed by atoms with Crippen molar-refractivity contribution in [2.75, 3.05) is 7.11 Å². The fourth-order valence-corrected chi connectivity index (χ4v) is 2.42. The zero-order valence-corrected chi connectivity index (χ0v) is 11.0. The first kappa shape index (κ1) is 11.4. The molecule has 1 saturated carbocycles. The molecule has 0 saturated heterocycles. The third-order valence-electron chi connectivity index (χ3n) is 3.70. The number of imidazole rings is 1. The van der Waals surface area contributed by atoms with Gasteiger partial charge >= 0.3 is 0 Å². The number of carbonyl (C=O) groups excluding carboxylic acids is 1. The number of rotatable bonds is 3. The van der Waals surface area contributed by atoms with Crippen LogP contribution in [0.15, 0.2) is 24.4 Å². The lowest BCUT2D eigenvalue weighted by Crippen LogP contribution is -2.03. The summed E-state index contributed by atoms with van der Waals surface area (Å²) in [6.45, 7) is 0. The van der Waals surface area contributed by atoms with Gasteiger partial charge in [0.15, 0.2) is 5.82 Å². The maximum absolute atomic E-state index is 12.1. The summed E-state index contributed by atoms with van der Waals surface area (Å²) in [6.07, 6.45) is 3.67. The van der Waals surface area contributed by atoms with Gasteiger partial charge in [-0.25, -0.2) is 4.98 Å². The van der Waals surface area contributed by atoms with E-state index in [0.29, 0.717) is 5.82 Å². The third kappa shape index (κ3) is 1.66. The van der Waals surface area contributed by atoms with Crippen LogP contribution in [0.1, 0.15) is 23.5 Å². The van der Waals surface area contributed by atoms with Gasteiger partial charge in [0.1, 0.15) is 11.3 Å². The number of hydrogen-bond acceptors (Lipinski definition) is 4. The van der Waals surface area contributed by atoms with E-state index in [4.69, 9.17) is 4.74 Å². The lowest BCUT2D eigenvalue weighted by molar-refractivity contribution is 0.0959. The standard InChI is InChI=1S/C15H13N3O2/c1-20-9-4-5-11-10(6-9)13-12(7-16-11)17-15(18-13)14(19)8-2-3-8/h4-8H,2-3H2,1H3,(H,17,18). The minimum absolute atomic E-state index is 0.109. The molecule has 1 aliphatic rings. The normalized spacial score (nSPS) is 14.8. The average molecular weight is 267 g/mol. The zero-order valence-electron chi connectivity index (χ0n) is 11.0. The van der Waals surface area contributed by atoms with Crippen molar-refractivity contribution in [2.24, 2.45) is 5.92 Å². The summed E-state index contributed by atoms with van der Waals surface area (Å²) < 4.78 is 5.24. The van der Waals surface area contributed by atoms with Gasteiger partial charge in [-0.2, -0.15) is 0 Å². The van der Waals surface area contributed by atoms with E-state index in [1.807, 2.05) is 18.2 Å². The van der Waals surface area contributed by atoms with Crippen LogP contribution in [0, 0.1) is 5.92 Å².